The predicted octanol–water partition coefficient (Wildman–Crippen LogP) is 5.95. The van der Waals surface area contributed by atoms with E-state index in [0.717, 1.165) is 0 Å². The number of esters is 1. The van der Waals surface area contributed by atoms with Gasteiger partial charge in [-0.1, -0.05) is 37.6 Å². The normalized spacial score (nSPS) is 14.7. The Hall–Kier alpha value is -4.02. The van der Waals surface area contributed by atoms with Crippen LogP contribution in [0.1, 0.15) is 41.3 Å². The summed E-state index contributed by atoms with van der Waals surface area (Å²) in [5.74, 6) is -0.739. The van der Waals surface area contributed by atoms with Gasteiger partial charge in [0, 0.05) is 22.2 Å². The smallest absolute Gasteiger partial charge is 0.343 e. The second-order valence-corrected chi connectivity index (χ2v) is 8.79. The van der Waals surface area contributed by atoms with Gasteiger partial charge in [0.1, 0.15) is 34.7 Å². The number of nitrogens with zero attached hydrogens (tertiary/aromatic N) is 1. The van der Waals surface area contributed by atoms with Crippen molar-refractivity contribution in [3.8, 4) is 23.3 Å². The fourth-order valence-electron chi connectivity index (χ4n) is 3.70. The Morgan fingerprint density at radius 1 is 1.17 bits per heavy atom. The molecular formula is C27H22ClFN2O4. The van der Waals surface area contributed by atoms with E-state index >= 15 is 0 Å². The van der Waals surface area contributed by atoms with Crippen LogP contribution in [0, 0.1) is 23.1 Å². The SMILES string of the molecule is CC(C)COc1ccc(C(=O)Oc2ccc3c(c2)OC(N)=C(C#N)C3c2c(F)cccc2Cl)cc1. The molecule has 1 atom stereocenters. The predicted molar refractivity (Wildman–Crippen MR) is 129 cm³/mol. The van der Waals surface area contributed by atoms with Crippen LogP contribution in [-0.2, 0) is 0 Å². The van der Waals surface area contributed by atoms with Crippen LogP contribution in [0.25, 0.3) is 0 Å². The van der Waals surface area contributed by atoms with Gasteiger partial charge in [0.2, 0.25) is 5.88 Å². The summed E-state index contributed by atoms with van der Waals surface area (Å²) in [4.78, 5) is 12.6. The van der Waals surface area contributed by atoms with Crippen molar-refractivity contribution >= 4 is 17.6 Å². The molecule has 6 nitrogen and oxygen atoms in total. The number of carbonyl (C=O) groups excluding carboxylic acids is 1. The first-order valence-corrected chi connectivity index (χ1v) is 11.3. The average Bonchev–Trinajstić information content (AvgIpc) is 2.82. The topological polar surface area (TPSA) is 94.6 Å². The van der Waals surface area contributed by atoms with E-state index in [1.165, 1.54) is 24.3 Å². The molecule has 35 heavy (non-hydrogen) atoms. The van der Waals surface area contributed by atoms with Crippen LogP contribution in [0.5, 0.6) is 17.2 Å². The van der Waals surface area contributed by atoms with E-state index in [9.17, 15) is 14.4 Å². The lowest BCUT2D eigenvalue weighted by Gasteiger charge is -2.27. The Bertz CT molecular complexity index is 1330. The van der Waals surface area contributed by atoms with E-state index in [-0.39, 0.29) is 33.5 Å². The van der Waals surface area contributed by atoms with E-state index in [1.807, 2.05) is 19.9 Å². The maximum atomic E-state index is 14.7. The number of nitriles is 1. The minimum Gasteiger partial charge on any atom is -0.493 e. The van der Waals surface area contributed by atoms with Gasteiger partial charge in [-0.25, -0.2) is 9.18 Å². The van der Waals surface area contributed by atoms with Crippen molar-refractivity contribution in [2.45, 2.75) is 19.8 Å². The molecule has 0 radical (unpaired) electrons. The summed E-state index contributed by atoms with van der Waals surface area (Å²) in [7, 11) is 0. The monoisotopic (exact) mass is 492 g/mol. The van der Waals surface area contributed by atoms with Crippen LogP contribution in [-0.4, -0.2) is 12.6 Å². The number of benzene rings is 3. The van der Waals surface area contributed by atoms with Crippen LogP contribution < -0.4 is 19.9 Å². The molecule has 1 unspecified atom stereocenters. The van der Waals surface area contributed by atoms with Crippen molar-refractivity contribution in [3.05, 3.63) is 99.7 Å². The summed E-state index contributed by atoms with van der Waals surface area (Å²) in [5.41, 5.74) is 6.93. The molecule has 0 aromatic heterocycles. The van der Waals surface area contributed by atoms with E-state index in [1.54, 1.807) is 36.4 Å². The van der Waals surface area contributed by atoms with E-state index in [2.05, 4.69) is 0 Å². The molecule has 0 bridgehead atoms. The molecule has 0 saturated heterocycles. The quantitative estimate of drug-likeness (QED) is 0.337. The Morgan fingerprint density at radius 3 is 2.54 bits per heavy atom. The molecule has 8 heteroatoms. The molecule has 4 rings (SSSR count). The molecule has 0 spiro atoms. The number of hydrogen-bond acceptors (Lipinski definition) is 6. The van der Waals surface area contributed by atoms with Crippen molar-refractivity contribution in [2.75, 3.05) is 6.61 Å². The largest absolute Gasteiger partial charge is 0.493 e. The zero-order valence-corrected chi connectivity index (χ0v) is 19.8. The van der Waals surface area contributed by atoms with Crippen molar-refractivity contribution in [1.82, 2.24) is 0 Å². The summed E-state index contributed by atoms with van der Waals surface area (Å²) in [6, 6.07) is 17.5. The third-order valence-corrected chi connectivity index (χ3v) is 5.69. The maximum absolute atomic E-state index is 14.7. The number of ether oxygens (including phenoxy) is 3. The van der Waals surface area contributed by atoms with Gasteiger partial charge >= 0.3 is 5.97 Å². The molecule has 3 aromatic carbocycles. The lowest BCUT2D eigenvalue weighted by molar-refractivity contribution is 0.0734. The maximum Gasteiger partial charge on any atom is 0.343 e. The lowest BCUT2D eigenvalue weighted by Crippen LogP contribution is -2.22. The number of fused-ring (bicyclic) bond motifs is 1. The van der Waals surface area contributed by atoms with Crippen LogP contribution in [0.3, 0.4) is 0 Å². The molecule has 1 aliphatic heterocycles. The fraction of sp³-hybridized carbons (Fsp3) is 0.185. The van der Waals surface area contributed by atoms with Crippen molar-refractivity contribution in [2.24, 2.45) is 11.7 Å². The highest BCUT2D eigenvalue weighted by Gasteiger charge is 2.34. The van der Waals surface area contributed by atoms with Gasteiger partial charge in [-0.05, 0) is 48.4 Å². The van der Waals surface area contributed by atoms with Gasteiger partial charge in [0.25, 0.3) is 0 Å². The molecule has 3 aromatic rings. The van der Waals surface area contributed by atoms with E-state index < -0.39 is 17.7 Å². The van der Waals surface area contributed by atoms with Gasteiger partial charge in [0.15, 0.2) is 0 Å². The third-order valence-electron chi connectivity index (χ3n) is 5.36. The highest BCUT2D eigenvalue weighted by atomic mass is 35.5. The molecule has 1 heterocycles. The van der Waals surface area contributed by atoms with Crippen molar-refractivity contribution in [3.63, 3.8) is 0 Å². The molecule has 0 saturated carbocycles. The van der Waals surface area contributed by atoms with Gasteiger partial charge in [-0.2, -0.15) is 5.26 Å². The minimum atomic E-state index is -0.874. The number of allylic oxidation sites excluding steroid dienone is 1. The van der Waals surface area contributed by atoms with E-state index in [4.69, 9.17) is 31.5 Å². The Kier molecular flexibility index (Phi) is 6.94. The van der Waals surface area contributed by atoms with Crippen molar-refractivity contribution in [1.29, 1.82) is 5.26 Å². The van der Waals surface area contributed by atoms with Gasteiger partial charge in [-0.3, -0.25) is 0 Å². The summed E-state index contributed by atoms with van der Waals surface area (Å²) in [6.07, 6.45) is 0. The molecule has 0 aliphatic carbocycles. The first-order valence-electron chi connectivity index (χ1n) is 10.9. The number of halogens is 2. The zero-order valence-electron chi connectivity index (χ0n) is 19.0. The number of nitrogens with two attached hydrogens (primary N) is 1. The van der Waals surface area contributed by atoms with Crippen LogP contribution >= 0.6 is 11.6 Å². The second-order valence-electron chi connectivity index (χ2n) is 8.38. The molecule has 1 aliphatic rings. The summed E-state index contributed by atoms with van der Waals surface area (Å²) >= 11 is 6.28. The molecule has 0 fully saturated rings. The van der Waals surface area contributed by atoms with Crippen LogP contribution in [0.15, 0.2) is 72.1 Å². The fourth-order valence-corrected chi connectivity index (χ4v) is 3.97. The highest BCUT2D eigenvalue weighted by Crippen LogP contribution is 2.46. The van der Waals surface area contributed by atoms with Crippen LogP contribution in [0.2, 0.25) is 5.02 Å². The highest BCUT2D eigenvalue weighted by molar-refractivity contribution is 6.31. The van der Waals surface area contributed by atoms with Gasteiger partial charge in [0.05, 0.1) is 18.1 Å². The Morgan fingerprint density at radius 2 is 1.89 bits per heavy atom. The first-order chi connectivity index (χ1) is 16.8. The molecule has 0 amide bonds. The Labute approximate surface area is 207 Å². The number of hydrogen-bond donors (Lipinski definition) is 1. The van der Waals surface area contributed by atoms with Gasteiger partial charge < -0.3 is 19.9 Å². The standard InChI is InChI=1S/C27H22ClFN2O4/c1-15(2)14-33-17-8-6-16(7-9-17)27(32)34-18-10-11-19-23(12-18)35-26(31)20(13-30)24(19)25-21(28)4-3-5-22(25)29/h3-12,15,24H,14,31H2,1-2H3. The van der Waals surface area contributed by atoms with Crippen molar-refractivity contribution < 1.29 is 23.4 Å². The van der Waals surface area contributed by atoms with Gasteiger partial charge in [-0.15, -0.1) is 0 Å². The summed E-state index contributed by atoms with van der Waals surface area (Å²) < 4.78 is 31.5. The second kappa shape index (κ2) is 10.1. The number of carbonyl (C=O) groups is 1. The van der Waals surface area contributed by atoms with E-state index in [0.29, 0.717) is 29.4 Å². The Balaban J connectivity index is 1.60. The minimum absolute atomic E-state index is 0.0361. The molecule has 2 N–H and O–H groups in total. The molecular weight excluding hydrogens is 471 g/mol. The zero-order chi connectivity index (χ0) is 25.1. The first kappa shape index (κ1) is 24.1. The number of rotatable bonds is 6. The molecule has 178 valence electrons. The van der Waals surface area contributed by atoms with Crippen LogP contribution in [0.4, 0.5) is 4.39 Å². The summed E-state index contributed by atoms with van der Waals surface area (Å²) in [5, 5.41) is 9.82. The third kappa shape index (κ3) is 5.08. The summed E-state index contributed by atoms with van der Waals surface area (Å²) in [6.45, 7) is 4.67. The lowest BCUT2D eigenvalue weighted by atomic mass is 9.83. The average molecular weight is 493 g/mol.